The third-order valence-electron chi connectivity index (χ3n) is 9.38. The number of nitrogens with one attached hydrogen (secondary N) is 3. The molecule has 5 rings (SSSR count). The van der Waals surface area contributed by atoms with E-state index in [-0.39, 0.29) is 56.3 Å². The Balaban J connectivity index is 1.20. The number of hydrogen-bond acceptors (Lipinski definition) is 7. The lowest BCUT2D eigenvalue weighted by molar-refractivity contribution is -0.148. The molecular formula is C40H47N3O7. The lowest BCUT2D eigenvalue weighted by Gasteiger charge is -2.26. The number of aliphatic hydroxyl groups is 1. The van der Waals surface area contributed by atoms with Gasteiger partial charge in [-0.2, -0.15) is 0 Å². The van der Waals surface area contributed by atoms with Crippen LogP contribution in [0.3, 0.4) is 0 Å². The summed E-state index contributed by atoms with van der Waals surface area (Å²) in [6.45, 7) is 3.59. The zero-order valence-electron chi connectivity index (χ0n) is 28.7. The van der Waals surface area contributed by atoms with Crippen LogP contribution in [0.5, 0.6) is 0 Å². The van der Waals surface area contributed by atoms with E-state index in [1.165, 1.54) is 0 Å². The van der Waals surface area contributed by atoms with Gasteiger partial charge in [0.1, 0.15) is 19.3 Å². The Kier molecular flexibility index (Phi) is 12.8. The van der Waals surface area contributed by atoms with Gasteiger partial charge >= 0.3 is 12.1 Å². The van der Waals surface area contributed by atoms with Crippen molar-refractivity contribution in [2.45, 2.75) is 70.0 Å². The molecule has 4 N–H and O–H groups in total. The summed E-state index contributed by atoms with van der Waals surface area (Å²) >= 11 is 0. The van der Waals surface area contributed by atoms with Crippen molar-refractivity contribution in [2.24, 2.45) is 11.8 Å². The van der Waals surface area contributed by atoms with E-state index >= 15 is 0 Å². The summed E-state index contributed by atoms with van der Waals surface area (Å²) in [5.74, 6) is -2.15. The molecule has 1 aliphatic carbocycles. The van der Waals surface area contributed by atoms with E-state index in [9.17, 15) is 24.3 Å². The van der Waals surface area contributed by atoms with E-state index in [2.05, 4.69) is 28.1 Å². The molecule has 0 aromatic heterocycles. The SMILES string of the molecule is CC(C)[C@H]1COC(=O)[C@@H](NC(=O)OCC2c3ccccc3-c3ccccc32)CCC=CC[C@H](CC(=O)N[C@@H](CO)Cc2ccccc2)C(=O)N1. The lowest BCUT2D eigenvalue weighted by atomic mass is 9.96. The summed E-state index contributed by atoms with van der Waals surface area (Å²) in [5, 5.41) is 18.4. The van der Waals surface area contributed by atoms with Crippen LogP contribution in [0.4, 0.5) is 4.79 Å². The fourth-order valence-corrected chi connectivity index (χ4v) is 6.50. The summed E-state index contributed by atoms with van der Waals surface area (Å²) in [5.41, 5.74) is 5.40. The average Bonchev–Trinajstić information content (AvgIpc) is 3.44. The largest absolute Gasteiger partial charge is 0.462 e. The molecule has 0 fully saturated rings. The normalized spacial score (nSPS) is 20.2. The van der Waals surface area contributed by atoms with Crippen molar-refractivity contribution < 1.29 is 33.8 Å². The summed E-state index contributed by atoms with van der Waals surface area (Å²) < 4.78 is 11.3. The van der Waals surface area contributed by atoms with Crippen LogP contribution in [0, 0.1) is 11.8 Å². The molecule has 0 unspecified atom stereocenters. The minimum atomic E-state index is -0.957. The Morgan fingerprint density at radius 3 is 2.26 bits per heavy atom. The predicted molar refractivity (Wildman–Crippen MR) is 190 cm³/mol. The highest BCUT2D eigenvalue weighted by Crippen LogP contribution is 2.44. The van der Waals surface area contributed by atoms with Gasteiger partial charge in [0.05, 0.1) is 24.6 Å². The number of hydrogen-bond donors (Lipinski definition) is 4. The van der Waals surface area contributed by atoms with Crippen molar-refractivity contribution in [2.75, 3.05) is 19.8 Å². The van der Waals surface area contributed by atoms with Gasteiger partial charge in [-0.3, -0.25) is 9.59 Å². The first-order valence-corrected chi connectivity index (χ1v) is 17.4. The molecule has 0 spiro atoms. The zero-order valence-corrected chi connectivity index (χ0v) is 28.7. The van der Waals surface area contributed by atoms with Crippen molar-refractivity contribution in [3.05, 3.63) is 108 Å². The molecule has 264 valence electrons. The average molecular weight is 682 g/mol. The maximum Gasteiger partial charge on any atom is 0.407 e. The maximum absolute atomic E-state index is 13.5. The number of cyclic esters (lactones) is 1. The number of esters is 1. The van der Waals surface area contributed by atoms with E-state index < -0.39 is 36.1 Å². The third-order valence-corrected chi connectivity index (χ3v) is 9.38. The second-order valence-corrected chi connectivity index (χ2v) is 13.3. The van der Waals surface area contributed by atoms with Crippen molar-refractivity contribution in [1.82, 2.24) is 16.0 Å². The van der Waals surface area contributed by atoms with Crippen LogP contribution in [0.2, 0.25) is 0 Å². The molecule has 10 nitrogen and oxygen atoms in total. The predicted octanol–water partition coefficient (Wildman–Crippen LogP) is 5.04. The highest BCUT2D eigenvalue weighted by atomic mass is 16.6. The molecular weight excluding hydrogens is 634 g/mol. The van der Waals surface area contributed by atoms with Gasteiger partial charge in [-0.25, -0.2) is 9.59 Å². The quantitative estimate of drug-likeness (QED) is 0.173. The van der Waals surface area contributed by atoms with Gasteiger partial charge in [0.25, 0.3) is 0 Å². The van der Waals surface area contributed by atoms with Crippen LogP contribution >= 0.6 is 0 Å². The van der Waals surface area contributed by atoms with Crippen molar-refractivity contribution in [3.63, 3.8) is 0 Å². The molecule has 4 atom stereocenters. The second kappa shape index (κ2) is 17.6. The van der Waals surface area contributed by atoms with Gasteiger partial charge < -0.3 is 30.5 Å². The van der Waals surface area contributed by atoms with Crippen molar-refractivity contribution in [1.29, 1.82) is 0 Å². The molecule has 3 amide bonds. The van der Waals surface area contributed by atoms with Gasteiger partial charge in [0.2, 0.25) is 11.8 Å². The van der Waals surface area contributed by atoms with E-state index in [0.717, 1.165) is 27.8 Å². The first-order valence-electron chi connectivity index (χ1n) is 17.4. The summed E-state index contributed by atoms with van der Waals surface area (Å²) in [6, 6.07) is 23.7. The number of fused-ring (bicyclic) bond motifs is 3. The number of carbonyl (C=O) groups is 4. The van der Waals surface area contributed by atoms with Crippen molar-refractivity contribution in [3.8, 4) is 11.1 Å². The van der Waals surface area contributed by atoms with Crippen LogP contribution < -0.4 is 16.0 Å². The van der Waals surface area contributed by atoms with Crippen molar-refractivity contribution >= 4 is 23.9 Å². The number of allylic oxidation sites excluding steroid dienone is 2. The molecule has 0 bridgehead atoms. The standard InChI is InChI=1S/C40H47N3O7/c1-26(2)36-25-49-39(47)35(43-40(48)50-24-34-32-18-11-9-16-30(32)31-17-10-12-19-33(31)34)20-8-4-7-15-28(38(46)42-36)22-37(45)41-29(23-44)21-27-13-5-3-6-14-27/h3-7,9-14,16-19,26,28-29,34-36,44H,8,15,20-25H2,1-2H3,(H,41,45)(H,42,46)(H,43,48)/t28-,29-,35+,36-/m1/s1. The Morgan fingerprint density at radius 1 is 0.940 bits per heavy atom. The number of rotatable bonds is 10. The Labute approximate surface area is 293 Å². The number of amides is 3. The van der Waals surface area contributed by atoms with E-state index in [4.69, 9.17) is 9.47 Å². The minimum Gasteiger partial charge on any atom is -0.462 e. The van der Waals surface area contributed by atoms with Crippen LogP contribution in [0.1, 0.15) is 62.1 Å². The molecule has 3 aromatic rings. The van der Waals surface area contributed by atoms with Crippen LogP contribution in [0.15, 0.2) is 91.0 Å². The highest BCUT2D eigenvalue weighted by Gasteiger charge is 2.31. The number of aliphatic hydroxyl groups excluding tert-OH is 1. The topological polar surface area (TPSA) is 143 Å². The molecule has 0 saturated heterocycles. The fourth-order valence-electron chi connectivity index (χ4n) is 6.50. The summed E-state index contributed by atoms with van der Waals surface area (Å²) in [4.78, 5) is 52.8. The van der Waals surface area contributed by atoms with Crippen LogP contribution in [-0.2, 0) is 30.3 Å². The first-order chi connectivity index (χ1) is 24.2. The molecule has 0 radical (unpaired) electrons. The highest BCUT2D eigenvalue weighted by molar-refractivity contribution is 5.86. The maximum atomic E-state index is 13.5. The number of carbonyl (C=O) groups excluding carboxylic acids is 4. The zero-order chi connectivity index (χ0) is 35.5. The van der Waals surface area contributed by atoms with Gasteiger partial charge in [-0.1, -0.05) is 105 Å². The first kappa shape index (κ1) is 36.3. The minimum absolute atomic E-state index is 0.0714. The van der Waals surface area contributed by atoms with Gasteiger partial charge in [-0.05, 0) is 59.4 Å². The molecule has 2 aliphatic rings. The number of ether oxygens (including phenoxy) is 2. The van der Waals surface area contributed by atoms with E-state index in [0.29, 0.717) is 19.3 Å². The fraction of sp³-hybridized carbons (Fsp3) is 0.400. The van der Waals surface area contributed by atoms with E-state index in [1.54, 1.807) is 0 Å². The molecule has 0 saturated carbocycles. The number of alkyl carbamates (subject to hydrolysis) is 1. The second-order valence-electron chi connectivity index (χ2n) is 13.3. The Hall–Kier alpha value is -4.96. The Morgan fingerprint density at radius 2 is 1.60 bits per heavy atom. The van der Waals surface area contributed by atoms with Gasteiger partial charge in [0, 0.05) is 12.3 Å². The van der Waals surface area contributed by atoms with Gasteiger partial charge in [0.15, 0.2) is 0 Å². The monoisotopic (exact) mass is 681 g/mol. The molecule has 10 heteroatoms. The molecule has 1 heterocycles. The number of benzene rings is 3. The molecule has 1 aliphatic heterocycles. The lowest BCUT2D eigenvalue weighted by Crippen LogP contribution is -2.48. The molecule has 50 heavy (non-hydrogen) atoms. The van der Waals surface area contributed by atoms with Crippen LogP contribution in [0.25, 0.3) is 11.1 Å². The Bertz CT molecular complexity index is 1610. The summed E-state index contributed by atoms with van der Waals surface area (Å²) in [6.07, 6.45) is 4.31. The van der Waals surface area contributed by atoms with E-state index in [1.807, 2.05) is 92.7 Å². The van der Waals surface area contributed by atoms with Crippen LogP contribution in [-0.4, -0.2) is 66.9 Å². The summed E-state index contributed by atoms with van der Waals surface area (Å²) in [7, 11) is 0. The molecule has 3 aromatic carbocycles. The third kappa shape index (κ3) is 9.59. The smallest absolute Gasteiger partial charge is 0.407 e. The van der Waals surface area contributed by atoms with Gasteiger partial charge in [-0.15, -0.1) is 0 Å².